The Kier molecular flexibility index (Phi) is 5.04. The molecule has 0 nitrogen and oxygen atoms in total. The van der Waals surface area contributed by atoms with Crippen molar-refractivity contribution in [3.63, 3.8) is 0 Å². The van der Waals surface area contributed by atoms with Crippen LogP contribution in [-0.4, -0.2) is 0 Å². The van der Waals surface area contributed by atoms with Crippen molar-refractivity contribution in [1.82, 2.24) is 0 Å². The van der Waals surface area contributed by atoms with Crippen LogP contribution in [0.3, 0.4) is 0 Å². The van der Waals surface area contributed by atoms with Crippen molar-refractivity contribution in [2.75, 3.05) is 0 Å². The average Bonchev–Trinajstić information content (AvgIpc) is 2.15. The molecular weight excluding hydrogens is 260 g/mol. The SMILES string of the molecule is CCC(C)CC(Br)c1c(C)cc(C)cc1C. The van der Waals surface area contributed by atoms with E-state index in [2.05, 4.69) is 62.7 Å². The van der Waals surface area contributed by atoms with E-state index in [-0.39, 0.29) is 0 Å². The lowest BCUT2D eigenvalue weighted by atomic mass is 9.92. The van der Waals surface area contributed by atoms with Crippen LogP contribution >= 0.6 is 15.9 Å². The first-order chi connectivity index (χ1) is 7.45. The lowest BCUT2D eigenvalue weighted by molar-refractivity contribution is 0.513. The third-order valence-corrected chi connectivity index (χ3v) is 4.19. The molecule has 0 saturated heterocycles. The van der Waals surface area contributed by atoms with Gasteiger partial charge in [-0.25, -0.2) is 0 Å². The molecule has 1 aromatic carbocycles. The van der Waals surface area contributed by atoms with Gasteiger partial charge >= 0.3 is 0 Å². The molecule has 1 heteroatoms. The van der Waals surface area contributed by atoms with Crippen LogP contribution in [0.15, 0.2) is 12.1 Å². The molecule has 0 fully saturated rings. The van der Waals surface area contributed by atoms with E-state index in [1.807, 2.05) is 0 Å². The van der Waals surface area contributed by atoms with Gasteiger partial charge in [-0.05, 0) is 49.8 Å². The van der Waals surface area contributed by atoms with E-state index in [9.17, 15) is 0 Å². The highest BCUT2D eigenvalue weighted by molar-refractivity contribution is 9.09. The van der Waals surface area contributed by atoms with Gasteiger partial charge in [-0.1, -0.05) is 53.9 Å². The highest BCUT2D eigenvalue weighted by Crippen LogP contribution is 2.35. The Bertz CT molecular complexity index is 331. The number of alkyl halides is 1. The molecule has 2 unspecified atom stereocenters. The lowest BCUT2D eigenvalue weighted by Gasteiger charge is -2.19. The van der Waals surface area contributed by atoms with Gasteiger partial charge in [0.1, 0.15) is 0 Å². The summed E-state index contributed by atoms with van der Waals surface area (Å²) < 4.78 is 0. The summed E-state index contributed by atoms with van der Waals surface area (Å²) in [7, 11) is 0. The number of hydrogen-bond acceptors (Lipinski definition) is 0. The molecule has 0 aromatic heterocycles. The Hall–Kier alpha value is -0.300. The van der Waals surface area contributed by atoms with Crippen LogP contribution in [0.25, 0.3) is 0 Å². The van der Waals surface area contributed by atoms with Crippen LogP contribution in [0.2, 0.25) is 0 Å². The van der Waals surface area contributed by atoms with Gasteiger partial charge in [0, 0.05) is 4.83 Å². The predicted molar refractivity (Wildman–Crippen MR) is 76.4 cm³/mol. The first-order valence-corrected chi connectivity index (χ1v) is 7.09. The van der Waals surface area contributed by atoms with Gasteiger partial charge in [0.05, 0.1) is 0 Å². The van der Waals surface area contributed by atoms with E-state index in [1.54, 1.807) is 0 Å². The fraction of sp³-hybridized carbons (Fsp3) is 0.600. The van der Waals surface area contributed by atoms with Crippen molar-refractivity contribution in [1.29, 1.82) is 0 Å². The van der Waals surface area contributed by atoms with Gasteiger partial charge < -0.3 is 0 Å². The van der Waals surface area contributed by atoms with Crippen molar-refractivity contribution >= 4 is 15.9 Å². The van der Waals surface area contributed by atoms with E-state index in [0.717, 1.165) is 5.92 Å². The quantitative estimate of drug-likeness (QED) is 0.641. The van der Waals surface area contributed by atoms with Gasteiger partial charge in [-0.15, -0.1) is 0 Å². The Morgan fingerprint density at radius 3 is 2.06 bits per heavy atom. The molecule has 0 amide bonds. The summed E-state index contributed by atoms with van der Waals surface area (Å²) in [5, 5.41) is 0. The Labute approximate surface area is 109 Å². The van der Waals surface area contributed by atoms with Crippen LogP contribution in [-0.2, 0) is 0 Å². The zero-order valence-electron chi connectivity index (χ0n) is 11.1. The molecule has 0 aliphatic carbocycles. The summed E-state index contributed by atoms with van der Waals surface area (Å²) >= 11 is 3.85. The number of aryl methyl sites for hydroxylation is 3. The molecule has 0 saturated carbocycles. The minimum Gasteiger partial charge on any atom is -0.0838 e. The summed E-state index contributed by atoms with van der Waals surface area (Å²) in [5.41, 5.74) is 5.69. The number of hydrogen-bond donors (Lipinski definition) is 0. The van der Waals surface area contributed by atoms with Gasteiger partial charge in [0.2, 0.25) is 0 Å². The largest absolute Gasteiger partial charge is 0.0838 e. The molecule has 0 spiro atoms. The molecule has 1 rings (SSSR count). The fourth-order valence-electron chi connectivity index (χ4n) is 2.32. The average molecular weight is 283 g/mol. The van der Waals surface area contributed by atoms with Crippen LogP contribution in [0.1, 0.15) is 53.8 Å². The maximum atomic E-state index is 3.85. The third-order valence-electron chi connectivity index (χ3n) is 3.36. The van der Waals surface area contributed by atoms with Gasteiger partial charge in [-0.2, -0.15) is 0 Å². The minimum atomic E-state index is 0.503. The molecule has 90 valence electrons. The van der Waals surface area contributed by atoms with E-state index < -0.39 is 0 Å². The van der Waals surface area contributed by atoms with Crippen molar-refractivity contribution in [2.24, 2.45) is 5.92 Å². The molecule has 0 aliphatic heterocycles. The molecule has 1 aromatic rings. The lowest BCUT2D eigenvalue weighted by Crippen LogP contribution is -2.03. The predicted octanol–water partition coefficient (Wildman–Crippen LogP) is 5.48. The van der Waals surface area contributed by atoms with Crippen LogP contribution in [0.4, 0.5) is 0 Å². The monoisotopic (exact) mass is 282 g/mol. The van der Waals surface area contributed by atoms with Gasteiger partial charge in [0.15, 0.2) is 0 Å². The first-order valence-electron chi connectivity index (χ1n) is 6.17. The van der Waals surface area contributed by atoms with E-state index >= 15 is 0 Å². The second-order valence-electron chi connectivity index (χ2n) is 5.03. The second kappa shape index (κ2) is 5.86. The van der Waals surface area contributed by atoms with Crippen molar-refractivity contribution < 1.29 is 0 Å². The molecule has 2 atom stereocenters. The number of benzene rings is 1. The smallest absolute Gasteiger partial charge is 0.0403 e. The molecular formula is C15H23Br. The zero-order chi connectivity index (χ0) is 12.3. The van der Waals surface area contributed by atoms with Gasteiger partial charge in [-0.3, -0.25) is 0 Å². The summed E-state index contributed by atoms with van der Waals surface area (Å²) in [6, 6.07) is 4.57. The third kappa shape index (κ3) is 3.35. The van der Waals surface area contributed by atoms with Gasteiger partial charge in [0.25, 0.3) is 0 Å². The summed E-state index contributed by atoms with van der Waals surface area (Å²) in [5.74, 6) is 0.782. The number of halogens is 1. The Balaban J connectivity index is 2.95. The highest BCUT2D eigenvalue weighted by Gasteiger charge is 2.15. The Morgan fingerprint density at radius 2 is 1.62 bits per heavy atom. The normalized spacial score (nSPS) is 14.9. The van der Waals surface area contributed by atoms with Crippen LogP contribution < -0.4 is 0 Å². The summed E-state index contributed by atoms with van der Waals surface area (Å²) in [6.45, 7) is 11.2. The summed E-state index contributed by atoms with van der Waals surface area (Å²) in [4.78, 5) is 0.503. The van der Waals surface area contributed by atoms with Crippen LogP contribution in [0, 0.1) is 26.7 Å². The zero-order valence-corrected chi connectivity index (χ0v) is 12.7. The molecule has 16 heavy (non-hydrogen) atoms. The van der Waals surface area contributed by atoms with Crippen molar-refractivity contribution in [3.05, 3.63) is 34.4 Å². The standard InChI is InChI=1S/C15H23Br/c1-6-10(2)9-14(16)15-12(4)7-11(3)8-13(15)5/h7-8,10,14H,6,9H2,1-5H3. The van der Waals surface area contributed by atoms with E-state index in [0.29, 0.717) is 4.83 Å². The second-order valence-corrected chi connectivity index (χ2v) is 6.13. The maximum Gasteiger partial charge on any atom is 0.0403 e. The van der Waals surface area contributed by atoms with Crippen LogP contribution in [0.5, 0.6) is 0 Å². The molecule has 0 N–H and O–H groups in total. The van der Waals surface area contributed by atoms with Crippen molar-refractivity contribution in [2.45, 2.75) is 52.3 Å². The molecule has 0 aliphatic rings. The highest BCUT2D eigenvalue weighted by atomic mass is 79.9. The maximum absolute atomic E-state index is 3.85. The summed E-state index contributed by atoms with van der Waals surface area (Å²) in [6.07, 6.45) is 2.48. The number of rotatable bonds is 4. The van der Waals surface area contributed by atoms with E-state index in [1.165, 1.54) is 35.1 Å². The Morgan fingerprint density at radius 1 is 1.12 bits per heavy atom. The first kappa shape index (κ1) is 13.8. The molecule has 0 heterocycles. The van der Waals surface area contributed by atoms with E-state index in [4.69, 9.17) is 0 Å². The minimum absolute atomic E-state index is 0.503. The van der Waals surface area contributed by atoms with Crippen molar-refractivity contribution in [3.8, 4) is 0 Å². The topological polar surface area (TPSA) is 0 Å². The molecule has 0 bridgehead atoms. The fourth-order valence-corrected chi connectivity index (χ4v) is 3.68. The molecule has 0 radical (unpaired) electrons.